The van der Waals surface area contributed by atoms with E-state index in [4.69, 9.17) is 4.74 Å². The Morgan fingerprint density at radius 1 is 1.19 bits per heavy atom. The average molecular weight is 297 g/mol. The second-order valence-corrected chi connectivity index (χ2v) is 7.25. The molecule has 5 nitrogen and oxygen atoms in total. The number of piperidine rings is 1. The van der Waals surface area contributed by atoms with Crippen molar-refractivity contribution in [3.05, 3.63) is 0 Å². The molecule has 2 atom stereocenters. The monoisotopic (exact) mass is 297 g/mol. The van der Waals surface area contributed by atoms with Crippen molar-refractivity contribution in [3.63, 3.8) is 0 Å². The maximum Gasteiger partial charge on any atom is 0.310 e. The summed E-state index contributed by atoms with van der Waals surface area (Å²) >= 11 is 0. The minimum atomic E-state index is -0.392. The van der Waals surface area contributed by atoms with Crippen LogP contribution in [0, 0.1) is 5.92 Å². The zero-order valence-electron chi connectivity index (χ0n) is 14.0. The van der Waals surface area contributed by atoms with Crippen LogP contribution < -0.4 is 5.32 Å². The van der Waals surface area contributed by atoms with Crippen LogP contribution in [0.25, 0.3) is 0 Å². The van der Waals surface area contributed by atoms with Gasteiger partial charge in [-0.25, -0.2) is 0 Å². The highest BCUT2D eigenvalue weighted by molar-refractivity contribution is 5.73. The third kappa shape index (κ3) is 4.94. The number of nitrogens with zero attached hydrogens (tertiary/aromatic N) is 2. The number of carbonyl (C=O) groups is 1. The lowest BCUT2D eigenvalue weighted by atomic mass is 9.94. The predicted octanol–water partition coefficient (Wildman–Crippen LogP) is 0.944. The van der Waals surface area contributed by atoms with Crippen LogP contribution in [0.5, 0.6) is 0 Å². The third-order valence-corrected chi connectivity index (χ3v) is 4.44. The number of piperazine rings is 1. The van der Waals surface area contributed by atoms with Crippen LogP contribution in [0.3, 0.4) is 0 Å². The van der Waals surface area contributed by atoms with Gasteiger partial charge in [0, 0.05) is 45.3 Å². The fraction of sp³-hybridized carbons (Fsp3) is 0.938. The Bertz CT molecular complexity index is 346. The molecule has 0 spiro atoms. The molecule has 2 rings (SSSR count). The van der Waals surface area contributed by atoms with Crippen molar-refractivity contribution in [1.82, 2.24) is 15.1 Å². The fourth-order valence-electron chi connectivity index (χ4n) is 3.21. The quantitative estimate of drug-likeness (QED) is 0.786. The van der Waals surface area contributed by atoms with Crippen molar-refractivity contribution in [1.29, 1.82) is 0 Å². The molecule has 0 unspecified atom stereocenters. The summed E-state index contributed by atoms with van der Waals surface area (Å²) in [7, 11) is 0. The van der Waals surface area contributed by atoms with E-state index in [9.17, 15) is 4.79 Å². The molecular formula is C16H31N3O2. The normalized spacial score (nSPS) is 29.3. The molecule has 0 aromatic rings. The maximum absolute atomic E-state index is 12.3. The minimum absolute atomic E-state index is 0.00724. The third-order valence-electron chi connectivity index (χ3n) is 4.44. The molecule has 0 aromatic carbocycles. The first-order valence-corrected chi connectivity index (χ1v) is 8.29. The smallest absolute Gasteiger partial charge is 0.310 e. The lowest BCUT2D eigenvalue weighted by Crippen LogP contribution is -2.56. The van der Waals surface area contributed by atoms with Crippen molar-refractivity contribution in [3.8, 4) is 0 Å². The van der Waals surface area contributed by atoms with Gasteiger partial charge >= 0.3 is 5.97 Å². The fourth-order valence-corrected chi connectivity index (χ4v) is 3.21. The number of rotatable bonds is 3. The Kier molecular flexibility index (Phi) is 5.63. The molecule has 2 aliphatic heterocycles. The molecule has 0 bridgehead atoms. The van der Waals surface area contributed by atoms with Crippen LogP contribution in [0.15, 0.2) is 0 Å². The van der Waals surface area contributed by atoms with E-state index >= 15 is 0 Å². The van der Waals surface area contributed by atoms with E-state index in [0.717, 1.165) is 52.2 Å². The first-order chi connectivity index (χ1) is 9.89. The number of carbonyl (C=O) groups excluding carboxylic acids is 1. The summed E-state index contributed by atoms with van der Waals surface area (Å²) in [6.45, 7) is 15.4. The number of esters is 1. The van der Waals surface area contributed by atoms with Gasteiger partial charge in [-0.1, -0.05) is 6.92 Å². The topological polar surface area (TPSA) is 44.8 Å². The Labute approximate surface area is 129 Å². The number of ether oxygens (including phenoxy) is 1. The number of hydrogen-bond donors (Lipinski definition) is 1. The van der Waals surface area contributed by atoms with Gasteiger partial charge in [0.05, 0.1) is 5.92 Å². The van der Waals surface area contributed by atoms with Gasteiger partial charge in [0.25, 0.3) is 0 Å². The Morgan fingerprint density at radius 2 is 1.86 bits per heavy atom. The zero-order chi connectivity index (χ0) is 15.5. The molecule has 2 fully saturated rings. The Morgan fingerprint density at radius 3 is 2.43 bits per heavy atom. The first-order valence-electron chi connectivity index (χ1n) is 8.29. The predicted molar refractivity (Wildman–Crippen MR) is 84.3 cm³/mol. The summed E-state index contributed by atoms with van der Waals surface area (Å²) in [5.41, 5.74) is -0.392. The zero-order valence-corrected chi connectivity index (χ0v) is 14.0. The van der Waals surface area contributed by atoms with Gasteiger partial charge in [-0.2, -0.15) is 0 Å². The lowest BCUT2D eigenvalue weighted by molar-refractivity contribution is -0.161. The first kappa shape index (κ1) is 16.7. The molecule has 0 saturated carbocycles. The average Bonchev–Trinajstić information content (AvgIpc) is 2.46. The Balaban J connectivity index is 1.85. The van der Waals surface area contributed by atoms with Crippen LogP contribution in [0.4, 0.5) is 0 Å². The largest absolute Gasteiger partial charge is 0.460 e. The maximum atomic E-state index is 12.3. The van der Waals surface area contributed by atoms with E-state index in [1.165, 1.54) is 0 Å². The van der Waals surface area contributed by atoms with Gasteiger partial charge in [-0.05, 0) is 33.7 Å². The van der Waals surface area contributed by atoms with Crippen LogP contribution in [0.1, 0.15) is 34.1 Å². The molecule has 0 radical (unpaired) electrons. The van der Waals surface area contributed by atoms with Crippen molar-refractivity contribution in [2.45, 2.75) is 45.8 Å². The molecule has 122 valence electrons. The number of nitrogens with one attached hydrogen (secondary N) is 1. The number of likely N-dealkylation sites (N-methyl/N-ethyl adjacent to an activating group) is 1. The SMILES string of the molecule is CCN1CCN([C@H]2CNC[C@H](C(=O)OC(C)(C)C)C2)CC1. The van der Waals surface area contributed by atoms with Crippen molar-refractivity contribution in [2.75, 3.05) is 45.8 Å². The van der Waals surface area contributed by atoms with Crippen LogP contribution in [0.2, 0.25) is 0 Å². The van der Waals surface area contributed by atoms with Crippen LogP contribution in [-0.2, 0) is 9.53 Å². The second kappa shape index (κ2) is 7.07. The van der Waals surface area contributed by atoms with Gasteiger partial charge in [-0.3, -0.25) is 9.69 Å². The van der Waals surface area contributed by atoms with E-state index in [1.807, 2.05) is 20.8 Å². The van der Waals surface area contributed by atoms with Gasteiger partial charge in [-0.15, -0.1) is 0 Å². The van der Waals surface area contributed by atoms with Crippen LogP contribution >= 0.6 is 0 Å². The second-order valence-electron chi connectivity index (χ2n) is 7.25. The molecule has 21 heavy (non-hydrogen) atoms. The van der Waals surface area contributed by atoms with Crippen molar-refractivity contribution in [2.24, 2.45) is 5.92 Å². The molecule has 2 aliphatic rings. The molecule has 5 heteroatoms. The van der Waals surface area contributed by atoms with Gasteiger partial charge < -0.3 is 15.0 Å². The van der Waals surface area contributed by atoms with Crippen LogP contribution in [-0.4, -0.2) is 73.2 Å². The molecule has 2 saturated heterocycles. The van der Waals surface area contributed by atoms with Crippen molar-refractivity contribution < 1.29 is 9.53 Å². The van der Waals surface area contributed by atoms with E-state index < -0.39 is 5.60 Å². The minimum Gasteiger partial charge on any atom is -0.460 e. The standard InChI is InChI=1S/C16H31N3O2/c1-5-18-6-8-19(9-7-18)14-10-13(11-17-12-14)15(20)21-16(2,3)4/h13-14,17H,5-12H2,1-4H3/t13-,14-/m1/s1. The van der Waals surface area contributed by atoms with E-state index in [0.29, 0.717) is 6.04 Å². The summed E-state index contributed by atoms with van der Waals surface area (Å²) < 4.78 is 5.54. The summed E-state index contributed by atoms with van der Waals surface area (Å²) in [4.78, 5) is 17.3. The molecule has 2 heterocycles. The highest BCUT2D eigenvalue weighted by atomic mass is 16.6. The van der Waals surface area contributed by atoms with Crippen molar-refractivity contribution >= 4 is 5.97 Å². The molecular weight excluding hydrogens is 266 g/mol. The highest BCUT2D eigenvalue weighted by Gasteiger charge is 2.34. The number of hydrogen-bond acceptors (Lipinski definition) is 5. The summed E-state index contributed by atoms with van der Waals surface area (Å²) in [6.07, 6.45) is 0.925. The molecule has 0 amide bonds. The summed E-state index contributed by atoms with van der Waals surface area (Å²) in [5.74, 6) is -0.0564. The summed E-state index contributed by atoms with van der Waals surface area (Å²) in [6, 6.07) is 0.468. The van der Waals surface area contributed by atoms with Gasteiger partial charge in [0.15, 0.2) is 0 Å². The Hall–Kier alpha value is -0.650. The lowest BCUT2D eigenvalue weighted by Gasteiger charge is -2.42. The van der Waals surface area contributed by atoms with Gasteiger partial charge in [0.2, 0.25) is 0 Å². The van der Waals surface area contributed by atoms with Gasteiger partial charge in [0.1, 0.15) is 5.60 Å². The molecule has 0 aromatic heterocycles. The highest BCUT2D eigenvalue weighted by Crippen LogP contribution is 2.21. The molecule has 0 aliphatic carbocycles. The van der Waals surface area contributed by atoms with E-state index in [2.05, 4.69) is 22.0 Å². The van der Waals surface area contributed by atoms with E-state index in [1.54, 1.807) is 0 Å². The molecule has 1 N–H and O–H groups in total. The van der Waals surface area contributed by atoms with E-state index in [-0.39, 0.29) is 11.9 Å². The summed E-state index contributed by atoms with van der Waals surface area (Å²) in [5, 5.41) is 3.42.